The molecule has 0 amide bonds. The molecule has 2 saturated heterocycles. The van der Waals surface area contributed by atoms with E-state index in [1.807, 2.05) is 0 Å². The van der Waals surface area contributed by atoms with Crippen molar-refractivity contribution >= 4 is 0 Å². The van der Waals surface area contributed by atoms with Crippen molar-refractivity contribution in [3.63, 3.8) is 0 Å². The van der Waals surface area contributed by atoms with E-state index in [1.165, 1.54) is 0 Å². The van der Waals surface area contributed by atoms with Crippen LogP contribution in [0.5, 0.6) is 0 Å². The van der Waals surface area contributed by atoms with Gasteiger partial charge in [-0.3, -0.25) is 0 Å². The number of ether oxygens (including phenoxy) is 2. The van der Waals surface area contributed by atoms with Gasteiger partial charge in [-0.15, -0.1) is 0 Å². The van der Waals surface area contributed by atoms with Crippen LogP contribution in [0.15, 0.2) is 0 Å². The summed E-state index contributed by atoms with van der Waals surface area (Å²) < 4.78 is 11.6. The molecule has 0 radical (unpaired) electrons. The summed E-state index contributed by atoms with van der Waals surface area (Å²) in [5.41, 5.74) is -0.646. The van der Waals surface area contributed by atoms with E-state index in [1.54, 1.807) is 0 Å². The predicted octanol–water partition coefficient (Wildman–Crippen LogP) is 3.40. The number of rotatable bonds is 5. The third kappa shape index (κ3) is 3.75. The highest BCUT2D eigenvalue weighted by Gasteiger charge is 2.47. The van der Waals surface area contributed by atoms with Gasteiger partial charge >= 0.3 is 0 Å². The molecule has 2 unspecified atom stereocenters. The van der Waals surface area contributed by atoms with Crippen molar-refractivity contribution in [1.29, 1.82) is 0 Å². The Bertz CT molecular complexity index is 295. The molecule has 20 heavy (non-hydrogen) atoms. The molecular formula is C17H32O3. The first-order valence-electron chi connectivity index (χ1n) is 8.29. The number of hydrogen-bond acceptors (Lipinski definition) is 3. The maximum atomic E-state index is 11.3. The highest BCUT2D eigenvalue weighted by molar-refractivity contribution is 4.98. The van der Waals surface area contributed by atoms with Gasteiger partial charge in [0.2, 0.25) is 0 Å². The molecule has 1 N–H and O–H groups in total. The molecule has 3 heteroatoms. The summed E-state index contributed by atoms with van der Waals surface area (Å²) in [6, 6.07) is 0. The van der Waals surface area contributed by atoms with Crippen molar-refractivity contribution in [2.45, 2.75) is 71.0 Å². The standard InChI is InChI=1S/C17H32O3/c1-13(2)9-17(18,10-14(3)4)15-5-7-20-16(11-15)6-8-19-12-16/h13-15,18H,5-12H2,1-4H3. The smallest absolute Gasteiger partial charge is 0.0940 e. The van der Waals surface area contributed by atoms with Gasteiger partial charge in [0.1, 0.15) is 0 Å². The van der Waals surface area contributed by atoms with Gasteiger partial charge in [-0.05, 0) is 43.4 Å². The second kappa shape index (κ2) is 6.33. The molecule has 0 aliphatic carbocycles. The Morgan fingerprint density at radius 1 is 1.15 bits per heavy atom. The Morgan fingerprint density at radius 3 is 2.30 bits per heavy atom. The molecule has 3 nitrogen and oxygen atoms in total. The molecular weight excluding hydrogens is 252 g/mol. The number of aliphatic hydroxyl groups is 1. The van der Waals surface area contributed by atoms with Crippen LogP contribution in [0.4, 0.5) is 0 Å². The fourth-order valence-electron chi connectivity index (χ4n) is 4.18. The van der Waals surface area contributed by atoms with Crippen LogP contribution in [0.3, 0.4) is 0 Å². The number of hydrogen-bond donors (Lipinski definition) is 1. The molecule has 2 fully saturated rings. The zero-order valence-corrected chi connectivity index (χ0v) is 13.7. The van der Waals surface area contributed by atoms with E-state index in [4.69, 9.17) is 9.47 Å². The molecule has 0 bridgehead atoms. The molecule has 1 spiro atoms. The van der Waals surface area contributed by atoms with E-state index in [0.29, 0.717) is 24.4 Å². The average molecular weight is 284 g/mol. The van der Waals surface area contributed by atoms with Gasteiger partial charge < -0.3 is 14.6 Å². The summed E-state index contributed by atoms with van der Waals surface area (Å²) in [5.74, 6) is 1.40. The van der Waals surface area contributed by atoms with Crippen molar-refractivity contribution in [3.05, 3.63) is 0 Å². The lowest BCUT2D eigenvalue weighted by Gasteiger charge is -2.46. The summed E-state index contributed by atoms with van der Waals surface area (Å²) in [6.45, 7) is 11.1. The first-order valence-corrected chi connectivity index (χ1v) is 8.29. The third-order valence-corrected chi connectivity index (χ3v) is 4.84. The topological polar surface area (TPSA) is 38.7 Å². The highest BCUT2D eigenvalue weighted by atomic mass is 16.6. The fraction of sp³-hybridized carbons (Fsp3) is 1.00. The van der Waals surface area contributed by atoms with Gasteiger partial charge in [-0.2, -0.15) is 0 Å². The van der Waals surface area contributed by atoms with E-state index in [9.17, 15) is 5.11 Å². The zero-order chi connectivity index (χ0) is 14.8. The lowest BCUT2D eigenvalue weighted by atomic mass is 9.69. The molecule has 0 aromatic carbocycles. The molecule has 0 aromatic rings. The Kier molecular flexibility index (Phi) is 5.14. The van der Waals surface area contributed by atoms with Crippen LogP contribution in [0.2, 0.25) is 0 Å². The van der Waals surface area contributed by atoms with Crippen molar-refractivity contribution in [2.24, 2.45) is 17.8 Å². The summed E-state index contributed by atoms with van der Waals surface area (Å²) in [5, 5.41) is 11.3. The second-order valence-electron chi connectivity index (χ2n) is 7.82. The van der Waals surface area contributed by atoms with Crippen molar-refractivity contribution in [1.82, 2.24) is 0 Å². The van der Waals surface area contributed by atoms with Gasteiger partial charge in [-0.25, -0.2) is 0 Å². The maximum absolute atomic E-state index is 11.3. The maximum Gasteiger partial charge on any atom is 0.0940 e. The fourth-order valence-corrected chi connectivity index (χ4v) is 4.18. The SMILES string of the molecule is CC(C)CC(O)(CC(C)C)C1CCOC2(CCOC2)C1. The molecule has 0 saturated carbocycles. The Hall–Kier alpha value is -0.120. The zero-order valence-electron chi connectivity index (χ0n) is 13.7. The first kappa shape index (κ1) is 16.3. The van der Waals surface area contributed by atoms with Crippen LogP contribution < -0.4 is 0 Å². The van der Waals surface area contributed by atoms with Gasteiger partial charge in [0.05, 0.1) is 17.8 Å². The summed E-state index contributed by atoms with van der Waals surface area (Å²) in [6.07, 6.45) is 4.73. The summed E-state index contributed by atoms with van der Waals surface area (Å²) in [4.78, 5) is 0. The minimum Gasteiger partial charge on any atom is -0.390 e. The Labute approximate surface area is 124 Å². The molecule has 0 aromatic heterocycles. The van der Waals surface area contributed by atoms with E-state index < -0.39 is 5.60 Å². The summed E-state index contributed by atoms with van der Waals surface area (Å²) in [7, 11) is 0. The lowest BCUT2D eigenvalue weighted by molar-refractivity contribution is -0.152. The van der Waals surface area contributed by atoms with E-state index >= 15 is 0 Å². The summed E-state index contributed by atoms with van der Waals surface area (Å²) >= 11 is 0. The third-order valence-electron chi connectivity index (χ3n) is 4.84. The van der Waals surface area contributed by atoms with E-state index in [2.05, 4.69) is 27.7 Å². The van der Waals surface area contributed by atoms with E-state index in [-0.39, 0.29) is 5.60 Å². The first-order chi connectivity index (χ1) is 9.35. The van der Waals surface area contributed by atoms with Crippen LogP contribution in [-0.2, 0) is 9.47 Å². The minimum atomic E-state index is -0.540. The van der Waals surface area contributed by atoms with E-state index in [0.717, 1.165) is 45.3 Å². The predicted molar refractivity (Wildman–Crippen MR) is 80.7 cm³/mol. The van der Waals surface area contributed by atoms with Crippen LogP contribution in [-0.4, -0.2) is 36.1 Å². The Morgan fingerprint density at radius 2 is 1.80 bits per heavy atom. The second-order valence-corrected chi connectivity index (χ2v) is 7.82. The van der Waals surface area contributed by atoms with Gasteiger partial charge in [0, 0.05) is 19.6 Å². The van der Waals surface area contributed by atoms with Crippen molar-refractivity contribution in [3.8, 4) is 0 Å². The van der Waals surface area contributed by atoms with Crippen LogP contribution in [0, 0.1) is 17.8 Å². The van der Waals surface area contributed by atoms with Gasteiger partial charge in [0.25, 0.3) is 0 Å². The van der Waals surface area contributed by atoms with Crippen LogP contribution in [0.25, 0.3) is 0 Å². The quantitative estimate of drug-likeness (QED) is 0.841. The van der Waals surface area contributed by atoms with Gasteiger partial charge in [0.15, 0.2) is 0 Å². The largest absolute Gasteiger partial charge is 0.390 e. The van der Waals surface area contributed by atoms with Crippen LogP contribution >= 0.6 is 0 Å². The molecule has 2 atom stereocenters. The molecule has 2 aliphatic heterocycles. The van der Waals surface area contributed by atoms with Gasteiger partial charge in [-0.1, -0.05) is 27.7 Å². The normalized spacial score (nSPS) is 31.6. The molecule has 2 heterocycles. The molecule has 2 aliphatic rings. The van der Waals surface area contributed by atoms with Crippen LogP contribution in [0.1, 0.15) is 59.8 Å². The molecule has 2 rings (SSSR count). The lowest BCUT2D eigenvalue weighted by Crippen LogP contribution is -2.50. The monoisotopic (exact) mass is 284 g/mol. The Balaban J connectivity index is 2.10. The minimum absolute atomic E-state index is 0.106. The molecule has 118 valence electrons. The van der Waals surface area contributed by atoms with Crippen molar-refractivity contribution in [2.75, 3.05) is 19.8 Å². The highest BCUT2D eigenvalue weighted by Crippen LogP contribution is 2.44. The van der Waals surface area contributed by atoms with Crippen molar-refractivity contribution < 1.29 is 14.6 Å². The average Bonchev–Trinajstić information content (AvgIpc) is 2.75.